The van der Waals surface area contributed by atoms with E-state index in [9.17, 15) is 14.0 Å². The molecule has 160 valence electrons. The first kappa shape index (κ1) is 21.5. The number of hydrogen-bond donors (Lipinski definition) is 1. The first-order valence-electron chi connectivity index (χ1n) is 9.87. The van der Waals surface area contributed by atoms with Crippen LogP contribution in [0, 0.1) is 19.7 Å². The molecule has 1 aromatic heterocycles. The van der Waals surface area contributed by atoms with Crippen molar-refractivity contribution in [2.24, 2.45) is 0 Å². The molecule has 0 aliphatic heterocycles. The number of benzene rings is 3. The zero-order chi connectivity index (χ0) is 22.8. The van der Waals surface area contributed by atoms with Crippen LogP contribution in [0.1, 0.15) is 21.6 Å². The molecule has 0 fully saturated rings. The highest BCUT2D eigenvalue weighted by molar-refractivity contribution is 6.30. The Morgan fingerprint density at radius 2 is 1.56 bits per heavy atom. The Bertz CT molecular complexity index is 1350. The molecule has 0 saturated carbocycles. The Hall–Kier alpha value is -3.77. The third-order valence-corrected chi connectivity index (χ3v) is 5.26. The maximum atomic E-state index is 13.5. The summed E-state index contributed by atoms with van der Waals surface area (Å²) in [6, 6.07) is 19.5. The van der Waals surface area contributed by atoms with Crippen molar-refractivity contribution in [1.82, 2.24) is 9.78 Å². The number of aromatic nitrogens is 2. The third kappa shape index (κ3) is 4.31. The van der Waals surface area contributed by atoms with Gasteiger partial charge in [-0.25, -0.2) is 9.07 Å². The molecule has 0 bridgehead atoms. The van der Waals surface area contributed by atoms with Crippen molar-refractivity contribution in [3.63, 3.8) is 0 Å². The fourth-order valence-corrected chi connectivity index (χ4v) is 3.42. The zero-order valence-corrected chi connectivity index (χ0v) is 18.2. The van der Waals surface area contributed by atoms with E-state index >= 15 is 0 Å². The monoisotopic (exact) mass is 447 g/mol. The molecular weight excluding hydrogens is 429 g/mol. The number of nitrogens with zero attached hydrogens (tertiary/aromatic N) is 2. The lowest BCUT2D eigenvalue weighted by Gasteiger charge is -2.18. The molecule has 0 saturated heterocycles. The van der Waals surface area contributed by atoms with Gasteiger partial charge in [0.1, 0.15) is 17.3 Å². The fraction of sp³-hybridized carbons (Fsp3) is 0.0800. The summed E-state index contributed by atoms with van der Waals surface area (Å²) in [6.45, 7) is 3.55. The van der Waals surface area contributed by atoms with Crippen LogP contribution in [0.3, 0.4) is 0 Å². The average Bonchev–Trinajstić information content (AvgIpc) is 2.78. The van der Waals surface area contributed by atoms with Crippen molar-refractivity contribution < 1.29 is 9.18 Å². The molecule has 1 amide bonds. The van der Waals surface area contributed by atoms with Crippen LogP contribution < -0.4 is 10.7 Å². The van der Waals surface area contributed by atoms with Gasteiger partial charge in [-0.15, -0.1) is 0 Å². The molecule has 0 spiro atoms. The summed E-state index contributed by atoms with van der Waals surface area (Å²) in [4.78, 5) is 26.2. The van der Waals surface area contributed by atoms with Gasteiger partial charge in [-0.3, -0.25) is 9.59 Å². The lowest BCUT2D eigenvalue weighted by molar-refractivity contribution is 0.102. The molecule has 0 unspecified atom stereocenters. The largest absolute Gasteiger partial charge is 0.306 e. The Labute approximate surface area is 189 Å². The number of halogens is 2. The molecule has 5 nitrogen and oxygen atoms in total. The Morgan fingerprint density at radius 3 is 2.19 bits per heavy atom. The highest BCUT2D eigenvalue weighted by atomic mass is 35.5. The minimum Gasteiger partial charge on any atom is -0.306 e. The molecule has 1 heterocycles. The summed E-state index contributed by atoms with van der Waals surface area (Å²) in [5, 5.41) is 7.72. The van der Waals surface area contributed by atoms with Crippen LogP contribution in [0.25, 0.3) is 16.8 Å². The van der Waals surface area contributed by atoms with Crippen molar-refractivity contribution >= 4 is 23.3 Å². The molecule has 0 aliphatic rings. The van der Waals surface area contributed by atoms with Crippen LogP contribution in [-0.4, -0.2) is 15.7 Å². The number of carbonyl (C=O) groups excluding carboxylic acids is 1. The van der Waals surface area contributed by atoms with E-state index in [0.717, 1.165) is 5.56 Å². The molecule has 4 aromatic rings. The normalized spacial score (nSPS) is 10.8. The lowest BCUT2D eigenvalue weighted by Crippen LogP contribution is -2.25. The summed E-state index contributed by atoms with van der Waals surface area (Å²) in [7, 11) is 0. The van der Waals surface area contributed by atoms with E-state index in [-0.39, 0.29) is 16.9 Å². The van der Waals surface area contributed by atoms with Crippen molar-refractivity contribution in [2.45, 2.75) is 13.8 Å². The molecule has 0 radical (unpaired) electrons. The van der Waals surface area contributed by atoms with Crippen LogP contribution in [0.4, 0.5) is 10.2 Å². The van der Waals surface area contributed by atoms with Gasteiger partial charge >= 0.3 is 0 Å². The number of aryl methyl sites for hydroxylation is 2. The predicted octanol–water partition coefficient (Wildman–Crippen LogP) is 5.56. The van der Waals surface area contributed by atoms with Gasteiger partial charge in [0.15, 0.2) is 0 Å². The zero-order valence-electron chi connectivity index (χ0n) is 17.4. The average molecular weight is 448 g/mol. The van der Waals surface area contributed by atoms with E-state index < -0.39 is 11.7 Å². The SMILES string of the molecule is Cc1ccc(-c2c(NC(=O)c3ccc(Cl)cc3)n(-c3ccc(F)cc3)nc(C)c2=O)cc1. The number of carbonyl (C=O) groups is 1. The molecule has 0 aliphatic carbocycles. The number of amides is 1. The van der Waals surface area contributed by atoms with E-state index in [1.165, 1.54) is 28.9 Å². The van der Waals surface area contributed by atoms with Crippen LogP contribution in [0.5, 0.6) is 0 Å². The number of hydrogen-bond acceptors (Lipinski definition) is 3. The minimum atomic E-state index is -0.434. The first-order chi connectivity index (χ1) is 15.3. The Kier molecular flexibility index (Phi) is 5.88. The van der Waals surface area contributed by atoms with Crippen LogP contribution in [-0.2, 0) is 0 Å². The number of nitrogens with one attached hydrogen (secondary N) is 1. The lowest BCUT2D eigenvalue weighted by atomic mass is 10.0. The molecule has 1 N–H and O–H groups in total. The van der Waals surface area contributed by atoms with E-state index in [0.29, 0.717) is 27.4 Å². The summed E-state index contributed by atoms with van der Waals surface area (Å²) in [6.07, 6.45) is 0. The summed E-state index contributed by atoms with van der Waals surface area (Å²) in [5.41, 5.74) is 2.76. The van der Waals surface area contributed by atoms with Gasteiger partial charge in [0, 0.05) is 10.6 Å². The molecule has 4 rings (SSSR count). The standard InChI is InChI=1S/C25H19ClFN3O2/c1-15-3-5-17(6-4-15)22-23(31)16(2)29-30(21-13-11-20(27)12-14-21)24(22)28-25(32)18-7-9-19(26)10-8-18/h3-14H,1-2H3,(H,28,32). The van der Waals surface area contributed by atoms with Crippen molar-refractivity contribution in [3.05, 3.63) is 111 Å². The Morgan fingerprint density at radius 1 is 0.938 bits per heavy atom. The number of rotatable bonds is 4. The van der Waals surface area contributed by atoms with Gasteiger partial charge in [0.25, 0.3) is 5.91 Å². The van der Waals surface area contributed by atoms with Crippen molar-refractivity contribution in [1.29, 1.82) is 0 Å². The number of anilines is 1. The maximum Gasteiger partial charge on any atom is 0.256 e. The second-order valence-corrected chi connectivity index (χ2v) is 7.79. The third-order valence-electron chi connectivity index (χ3n) is 5.00. The van der Waals surface area contributed by atoms with Gasteiger partial charge in [-0.05, 0) is 67.9 Å². The molecule has 0 atom stereocenters. The highest BCUT2D eigenvalue weighted by Crippen LogP contribution is 2.28. The minimum absolute atomic E-state index is 0.191. The molecule has 32 heavy (non-hydrogen) atoms. The van der Waals surface area contributed by atoms with Gasteiger partial charge in [0.2, 0.25) is 5.43 Å². The van der Waals surface area contributed by atoms with E-state index in [1.807, 2.05) is 31.2 Å². The topological polar surface area (TPSA) is 64.0 Å². The summed E-state index contributed by atoms with van der Waals surface area (Å²) in [5.74, 6) is -0.649. The van der Waals surface area contributed by atoms with Gasteiger partial charge < -0.3 is 5.32 Å². The van der Waals surface area contributed by atoms with Gasteiger partial charge in [-0.1, -0.05) is 41.4 Å². The smallest absolute Gasteiger partial charge is 0.256 e. The molecule has 7 heteroatoms. The Balaban J connectivity index is 1.94. The van der Waals surface area contributed by atoms with Crippen molar-refractivity contribution in [2.75, 3.05) is 5.32 Å². The van der Waals surface area contributed by atoms with Gasteiger partial charge in [-0.2, -0.15) is 5.10 Å². The maximum absolute atomic E-state index is 13.5. The quantitative estimate of drug-likeness (QED) is 0.445. The van der Waals surface area contributed by atoms with Crippen LogP contribution in [0.15, 0.2) is 77.6 Å². The van der Waals surface area contributed by atoms with E-state index in [2.05, 4.69) is 10.4 Å². The summed E-state index contributed by atoms with van der Waals surface area (Å²) >= 11 is 5.93. The van der Waals surface area contributed by atoms with E-state index in [4.69, 9.17) is 11.6 Å². The van der Waals surface area contributed by atoms with Crippen LogP contribution in [0.2, 0.25) is 5.02 Å². The van der Waals surface area contributed by atoms with Crippen LogP contribution >= 0.6 is 11.6 Å². The van der Waals surface area contributed by atoms with E-state index in [1.54, 1.807) is 31.2 Å². The first-order valence-corrected chi connectivity index (χ1v) is 10.2. The van der Waals surface area contributed by atoms with Crippen molar-refractivity contribution in [3.8, 4) is 16.8 Å². The second-order valence-electron chi connectivity index (χ2n) is 7.35. The summed E-state index contributed by atoms with van der Waals surface area (Å²) < 4.78 is 15.0. The molecule has 3 aromatic carbocycles. The van der Waals surface area contributed by atoms with Gasteiger partial charge in [0.05, 0.1) is 11.3 Å². The highest BCUT2D eigenvalue weighted by Gasteiger charge is 2.21. The fourth-order valence-electron chi connectivity index (χ4n) is 3.29. The molecular formula is C25H19ClFN3O2. The predicted molar refractivity (Wildman–Crippen MR) is 124 cm³/mol. The second kappa shape index (κ2) is 8.77.